The Kier molecular flexibility index (Phi) is 4.65. The normalized spacial score (nSPS) is 22.2. The fourth-order valence-electron chi connectivity index (χ4n) is 2.05. The molecule has 112 valence electrons. The highest BCUT2D eigenvalue weighted by atomic mass is 32.1. The van der Waals surface area contributed by atoms with E-state index >= 15 is 0 Å². The van der Waals surface area contributed by atoms with Gasteiger partial charge in [-0.15, -0.1) is 11.3 Å². The van der Waals surface area contributed by atoms with Gasteiger partial charge in [0, 0.05) is 23.7 Å². The molecule has 1 fully saturated rings. The summed E-state index contributed by atoms with van der Waals surface area (Å²) in [6.07, 6.45) is 3.92. The fourth-order valence-corrected chi connectivity index (χ4v) is 2.92. The number of anilines is 1. The molecule has 1 aliphatic rings. The molecule has 2 rings (SSSR count). The highest BCUT2D eigenvalue weighted by Gasteiger charge is 2.30. The molecule has 0 atom stereocenters. The SMILES string of the molecule is CCOC1CC(NC(=O)Nc2ncc(C(C)(C)C)s2)C1. The van der Waals surface area contributed by atoms with Crippen molar-refractivity contribution in [2.24, 2.45) is 0 Å². The molecule has 6 heteroatoms. The third-order valence-corrected chi connectivity index (χ3v) is 4.64. The van der Waals surface area contributed by atoms with Crippen LogP contribution in [0.1, 0.15) is 45.4 Å². The molecule has 0 aromatic carbocycles. The number of thiazole rings is 1. The van der Waals surface area contributed by atoms with Gasteiger partial charge in [-0.05, 0) is 25.2 Å². The van der Waals surface area contributed by atoms with E-state index in [2.05, 4.69) is 36.4 Å². The van der Waals surface area contributed by atoms with Crippen molar-refractivity contribution in [2.75, 3.05) is 11.9 Å². The second-order valence-corrected chi connectivity index (χ2v) is 7.15. The Morgan fingerprint density at radius 3 is 2.75 bits per heavy atom. The molecule has 20 heavy (non-hydrogen) atoms. The first-order valence-corrected chi connectivity index (χ1v) is 7.85. The number of nitrogens with one attached hydrogen (secondary N) is 2. The van der Waals surface area contributed by atoms with Gasteiger partial charge >= 0.3 is 6.03 Å². The summed E-state index contributed by atoms with van der Waals surface area (Å²) in [7, 11) is 0. The standard InChI is InChI=1S/C14H23N3O2S/c1-5-19-10-6-9(7-10)16-12(18)17-13-15-8-11(20-13)14(2,3)4/h8-10H,5-7H2,1-4H3,(H2,15,16,17,18). The quantitative estimate of drug-likeness (QED) is 0.897. The van der Waals surface area contributed by atoms with Gasteiger partial charge in [0.2, 0.25) is 0 Å². The maximum absolute atomic E-state index is 11.8. The summed E-state index contributed by atoms with van der Waals surface area (Å²) in [4.78, 5) is 17.2. The molecule has 0 bridgehead atoms. The molecule has 0 unspecified atom stereocenters. The summed E-state index contributed by atoms with van der Waals surface area (Å²) in [5.41, 5.74) is 0.0623. The molecule has 0 aliphatic heterocycles. The number of rotatable bonds is 4. The second-order valence-electron chi connectivity index (χ2n) is 6.12. The van der Waals surface area contributed by atoms with Gasteiger partial charge in [-0.25, -0.2) is 9.78 Å². The molecule has 1 saturated carbocycles. The molecule has 1 heterocycles. The molecule has 2 amide bonds. The van der Waals surface area contributed by atoms with Crippen LogP contribution in [0.3, 0.4) is 0 Å². The van der Waals surface area contributed by atoms with Crippen molar-refractivity contribution >= 4 is 22.5 Å². The number of ether oxygens (including phenoxy) is 1. The molecule has 5 nitrogen and oxygen atoms in total. The lowest BCUT2D eigenvalue weighted by Gasteiger charge is -2.35. The fraction of sp³-hybridized carbons (Fsp3) is 0.714. The minimum atomic E-state index is -0.181. The molecular weight excluding hydrogens is 274 g/mol. The molecule has 0 saturated heterocycles. The van der Waals surface area contributed by atoms with Gasteiger partial charge < -0.3 is 10.1 Å². The van der Waals surface area contributed by atoms with Gasteiger partial charge in [-0.2, -0.15) is 0 Å². The zero-order valence-corrected chi connectivity index (χ0v) is 13.3. The Labute approximate surface area is 124 Å². The van der Waals surface area contributed by atoms with Crippen molar-refractivity contribution in [3.05, 3.63) is 11.1 Å². The van der Waals surface area contributed by atoms with Crippen molar-refractivity contribution < 1.29 is 9.53 Å². The van der Waals surface area contributed by atoms with E-state index in [9.17, 15) is 4.79 Å². The first kappa shape index (κ1) is 15.3. The van der Waals surface area contributed by atoms with Gasteiger partial charge in [0.25, 0.3) is 0 Å². The molecule has 1 aromatic heterocycles. The lowest BCUT2D eigenvalue weighted by Crippen LogP contribution is -2.49. The van der Waals surface area contributed by atoms with Crippen LogP contribution in [-0.4, -0.2) is 29.8 Å². The van der Waals surface area contributed by atoms with Crippen LogP contribution in [0, 0.1) is 0 Å². The van der Waals surface area contributed by atoms with Crippen LogP contribution < -0.4 is 10.6 Å². The summed E-state index contributed by atoms with van der Waals surface area (Å²) in [6.45, 7) is 9.12. The maximum Gasteiger partial charge on any atom is 0.321 e. The predicted octanol–water partition coefficient (Wildman–Crippen LogP) is 3.13. The van der Waals surface area contributed by atoms with Crippen molar-refractivity contribution in [3.8, 4) is 0 Å². The van der Waals surface area contributed by atoms with Crippen molar-refractivity contribution in [1.29, 1.82) is 0 Å². The van der Waals surface area contributed by atoms with E-state index in [0.717, 1.165) is 24.3 Å². The molecule has 1 aromatic rings. The average Bonchev–Trinajstić information content (AvgIpc) is 2.74. The zero-order chi connectivity index (χ0) is 14.8. The van der Waals surface area contributed by atoms with Crippen molar-refractivity contribution in [1.82, 2.24) is 10.3 Å². The highest BCUT2D eigenvalue weighted by molar-refractivity contribution is 7.15. The van der Waals surface area contributed by atoms with Crippen molar-refractivity contribution in [2.45, 2.75) is 58.1 Å². The number of carbonyl (C=O) groups excluding carboxylic acids is 1. The van der Waals surface area contributed by atoms with Crippen LogP contribution in [0.15, 0.2) is 6.20 Å². The van der Waals surface area contributed by atoms with Crippen LogP contribution in [0.4, 0.5) is 9.93 Å². The van der Waals surface area contributed by atoms with Crippen molar-refractivity contribution in [3.63, 3.8) is 0 Å². The Hall–Kier alpha value is -1.14. The zero-order valence-electron chi connectivity index (χ0n) is 12.5. The number of urea groups is 1. The van der Waals surface area contributed by atoms with Gasteiger partial charge in [0.1, 0.15) is 0 Å². The number of amides is 2. The number of hydrogen-bond donors (Lipinski definition) is 2. The van der Waals surface area contributed by atoms with Gasteiger partial charge in [-0.3, -0.25) is 5.32 Å². The van der Waals surface area contributed by atoms with E-state index in [1.54, 1.807) is 0 Å². The van der Waals surface area contributed by atoms with E-state index in [-0.39, 0.29) is 17.5 Å². The summed E-state index contributed by atoms with van der Waals surface area (Å²) in [5.74, 6) is 0. The average molecular weight is 297 g/mol. The van der Waals surface area contributed by atoms with Gasteiger partial charge in [0.15, 0.2) is 5.13 Å². The lowest BCUT2D eigenvalue weighted by molar-refractivity contribution is -0.00673. The highest BCUT2D eigenvalue weighted by Crippen LogP contribution is 2.30. The van der Waals surface area contributed by atoms with Crippen LogP contribution in [0.2, 0.25) is 0 Å². The van der Waals surface area contributed by atoms with E-state index in [0.29, 0.717) is 11.2 Å². The first-order valence-electron chi connectivity index (χ1n) is 7.04. The number of carbonyl (C=O) groups is 1. The van der Waals surface area contributed by atoms with Crippen LogP contribution >= 0.6 is 11.3 Å². The first-order chi connectivity index (χ1) is 9.38. The number of nitrogens with zero attached hydrogens (tertiary/aromatic N) is 1. The largest absolute Gasteiger partial charge is 0.378 e. The topological polar surface area (TPSA) is 63.2 Å². The molecule has 0 radical (unpaired) electrons. The molecule has 0 spiro atoms. The van der Waals surface area contributed by atoms with E-state index in [1.165, 1.54) is 11.3 Å². The lowest BCUT2D eigenvalue weighted by atomic mass is 9.89. The maximum atomic E-state index is 11.8. The minimum Gasteiger partial charge on any atom is -0.378 e. The van der Waals surface area contributed by atoms with E-state index in [4.69, 9.17) is 4.74 Å². The monoisotopic (exact) mass is 297 g/mol. The Balaban J connectivity index is 1.77. The predicted molar refractivity (Wildman–Crippen MR) is 81.4 cm³/mol. The van der Waals surface area contributed by atoms with Crippen LogP contribution in [-0.2, 0) is 10.2 Å². The third-order valence-electron chi connectivity index (χ3n) is 3.30. The smallest absolute Gasteiger partial charge is 0.321 e. The van der Waals surface area contributed by atoms with E-state index in [1.807, 2.05) is 13.1 Å². The Morgan fingerprint density at radius 2 is 2.20 bits per heavy atom. The van der Waals surface area contributed by atoms with E-state index < -0.39 is 0 Å². The number of hydrogen-bond acceptors (Lipinski definition) is 4. The number of aromatic nitrogens is 1. The van der Waals surface area contributed by atoms with Gasteiger partial charge in [-0.1, -0.05) is 20.8 Å². The van der Waals surface area contributed by atoms with Crippen LogP contribution in [0.5, 0.6) is 0 Å². The second kappa shape index (κ2) is 6.10. The van der Waals surface area contributed by atoms with Crippen LogP contribution in [0.25, 0.3) is 0 Å². The molecular formula is C14H23N3O2S. The van der Waals surface area contributed by atoms with Gasteiger partial charge in [0.05, 0.1) is 6.10 Å². The summed E-state index contributed by atoms with van der Waals surface area (Å²) < 4.78 is 5.47. The molecule has 1 aliphatic carbocycles. The Bertz CT molecular complexity index is 461. The minimum absolute atomic E-state index is 0.0623. The summed E-state index contributed by atoms with van der Waals surface area (Å²) >= 11 is 1.52. The third kappa shape index (κ3) is 3.93. The summed E-state index contributed by atoms with van der Waals surface area (Å²) in [6, 6.07) is 0.0355. The molecule has 2 N–H and O–H groups in total. The summed E-state index contributed by atoms with van der Waals surface area (Å²) in [5, 5.41) is 6.38. The Morgan fingerprint density at radius 1 is 1.50 bits per heavy atom.